The van der Waals surface area contributed by atoms with E-state index in [1.54, 1.807) is 12.1 Å². The van der Waals surface area contributed by atoms with Crippen LogP contribution >= 0.6 is 27.5 Å². The lowest BCUT2D eigenvalue weighted by atomic mass is 9.77. The molecule has 104 valence electrons. The SMILES string of the molecule is CC1CCCC(CBr)(NC(=O)c2ccccc2Cl)C1. The van der Waals surface area contributed by atoms with Crippen molar-refractivity contribution in [1.29, 1.82) is 0 Å². The number of benzene rings is 1. The molecule has 0 radical (unpaired) electrons. The monoisotopic (exact) mass is 343 g/mol. The van der Waals surface area contributed by atoms with Crippen LogP contribution in [0, 0.1) is 5.92 Å². The van der Waals surface area contributed by atoms with Crippen LogP contribution in [0.5, 0.6) is 0 Å². The Bertz CT molecular complexity index is 465. The topological polar surface area (TPSA) is 29.1 Å². The van der Waals surface area contributed by atoms with Crippen molar-refractivity contribution in [1.82, 2.24) is 5.32 Å². The highest BCUT2D eigenvalue weighted by Crippen LogP contribution is 2.34. The molecule has 1 fully saturated rings. The van der Waals surface area contributed by atoms with Crippen molar-refractivity contribution in [2.75, 3.05) is 5.33 Å². The molecule has 1 N–H and O–H groups in total. The van der Waals surface area contributed by atoms with E-state index < -0.39 is 0 Å². The molecule has 0 saturated heterocycles. The van der Waals surface area contributed by atoms with Gasteiger partial charge in [-0.2, -0.15) is 0 Å². The molecule has 1 aliphatic carbocycles. The Morgan fingerprint density at radius 1 is 1.53 bits per heavy atom. The Morgan fingerprint density at radius 2 is 2.26 bits per heavy atom. The van der Waals surface area contributed by atoms with E-state index in [0.29, 0.717) is 16.5 Å². The van der Waals surface area contributed by atoms with Crippen molar-refractivity contribution >= 4 is 33.4 Å². The maximum absolute atomic E-state index is 12.4. The number of carbonyl (C=O) groups is 1. The summed E-state index contributed by atoms with van der Waals surface area (Å²) < 4.78 is 0. The molecule has 1 amide bonds. The van der Waals surface area contributed by atoms with Gasteiger partial charge in [0.05, 0.1) is 16.1 Å². The van der Waals surface area contributed by atoms with Crippen LogP contribution in [0.4, 0.5) is 0 Å². The van der Waals surface area contributed by atoms with E-state index in [1.807, 2.05) is 12.1 Å². The summed E-state index contributed by atoms with van der Waals surface area (Å²) >= 11 is 9.65. The number of hydrogen-bond donors (Lipinski definition) is 1. The molecule has 1 aromatic rings. The molecule has 1 saturated carbocycles. The van der Waals surface area contributed by atoms with Crippen molar-refractivity contribution in [3.05, 3.63) is 34.9 Å². The van der Waals surface area contributed by atoms with Gasteiger partial charge in [0, 0.05) is 5.33 Å². The third-order valence-electron chi connectivity index (χ3n) is 3.84. The summed E-state index contributed by atoms with van der Waals surface area (Å²) in [4.78, 5) is 12.4. The molecule has 0 spiro atoms. The summed E-state index contributed by atoms with van der Waals surface area (Å²) in [6.07, 6.45) is 4.46. The summed E-state index contributed by atoms with van der Waals surface area (Å²) in [7, 11) is 0. The number of nitrogens with one attached hydrogen (secondary N) is 1. The molecule has 0 heterocycles. The summed E-state index contributed by atoms with van der Waals surface area (Å²) in [5, 5.41) is 4.50. The van der Waals surface area contributed by atoms with Crippen LogP contribution in [-0.2, 0) is 0 Å². The van der Waals surface area contributed by atoms with Gasteiger partial charge in [-0.1, -0.05) is 59.4 Å². The number of rotatable bonds is 3. The van der Waals surface area contributed by atoms with Crippen LogP contribution in [0.15, 0.2) is 24.3 Å². The van der Waals surface area contributed by atoms with Gasteiger partial charge in [0.2, 0.25) is 0 Å². The Kier molecular flexibility index (Phi) is 4.91. The summed E-state index contributed by atoms with van der Waals surface area (Å²) in [6, 6.07) is 7.19. The second-order valence-electron chi connectivity index (χ2n) is 5.55. The van der Waals surface area contributed by atoms with Crippen LogP contribution in [0.1, 0.15) is 43.0 Å². The minimum absolute atomic E-state index is 0.0702. The van der Waals surface area contributed by atoms with E-state index in [1.165, 1.54) is 6.42 Å². The first kappa shape index (κ1) is 14.9. The molecule has 0 aromatic heterocycles. The smallest absolute Gasteiger partial charge is 0.253 e. The van der Waals surface area contributed by atoms with Gasteiger partial charge in [0.25, 0.3) is 5.91 Å². The Morgan fingerprint density at radius 3 is 2.89 bits per heavy atom. The van der Waals surface area contributed by atoms with Crippen molar-refractivity contribution in [3.8, 4) is 0 Å². The van der Waals surface area contributed by atoms with E-state index in [-0.39, 0.29) is 11.4 Å². The van der Waals surface area contributed by atoms with Gasteiger partial charge < -0.3 is 5.32 Å². The molecule has 1 aromatic carbocycles. The second kappa shape index (κ2) is 6.27. The molecule has 0 bridgehead atoms. The molecule has 2 unspecified atom stereocenters. The maximum Gasteiger partial charge on any atom is 0.253 e. The zero-order chi connectivity index (χ0) is 13.9. The highest BCUT2D eigenvalue weighted by atomic mass is 79.9. The van der Waals surface area contributed by atoms with Crippen molar-refractivity contribution in [2.24, 2.45) is 5.92 Å². The van der Waals surface area contributed by atoms with Crippen LogP contribution in [0.2, 0.25) is 5.02 Å². The quantitative estimate of drug-likeness (QED) is 0.808. The fourth-order valence-electron chi connectivity index (χ4n) is 2.88. The molecule has 4 heteroatoms. The molecular weight excluding hydrogens is 326 g/mol. The minimum Gasteiger partial charge on any atom is -0.346 e. The average molecular weight is 345 g/mol. The van der Waals surface area contributed by atoms with E-state index in [4.69, 9.17) is 11.6 Å². The second-order valence-corrected chi connectivity index (χ2v) is 6.52. The predicted octanol–water partition coefficient (Wildman–Crippen LogP) is 4.41. The van der Waals surface area contributed by atoms with Crippen LogP contribution in [-0.4, -0.2) is 16.8 Å². The van der Waals surface area contributed by atoms with E-state index in [9.17, 15) is 4.79 Å². The highest BCUT2D eigenvalue weighted by molar-refractivity contribution is 9.09. The van der Waals surface area contributed by atoms with Crippen LogP contribution in [0.25, 0.3) is 0 Å². The summed E-state index contributed by atoms with van der Waals surface area (Å²) in [5.41, 5.74) is 0.427. The number of amides is 1. The lowest BCUT2D eigenvalue weighted by molar-refractivity contribution is 0.0869. The fourth-order valence-corrected chi connectivity index (χ4v) is 3.75. The molecule has 2 nitrogen and oxygen atoms in total. The first-order valence-electron chi connectivity index (χ1n) is 6.69. The first-order valence-corrected chi connectivity index (χ1v) is 8.19. The van der Waals surface area contributed by atoms with Gasteiger partial charge >= 0.3 is 0 Å². The lowest BCUT2D eigenvalue weighted by Crippen LogP contribution is -2.52. The first-order chi connectivity index (χ1) is 9.06. The Balaban J connectivity index is 2.14. The molecule has 1 aliphatic rings. The molecule has 0 aliphatic heterocycles. The van der Waals surface area contributed by atoms with Gasteiger partial charge in [-0.05, 0) is 30.9 Å². The van der Waals surface area contributed by atoms with Gasteiger partial charge in [0.15, 0.2) is 0 Å². The fraction of sp³-hybridized carbons (Fsp3) is 0.533. The van der Waals surface area contributed by atoms with Gasteiger partial charge in [-0.15, -0.1) is 0 Å². The molecule has 19 heavy (non-hydrogen) atoms. The number of hydrogen-bond acceptors (Lipinski definition) is 1. The third-order valence-corrected chi connectivity index (χ3v) is 5.25. The van der Waals surface area contributed by atoms with Crippen LogP contribution in [0.3, 0.4) is 0 Å². The molecule has 2 atom stereocenters. The molecular formula is C15H19BrClNO. The lowest BCUT2D eigenvalue weighted by Gasteiger charge is -2.39. The van der Waals surface area contributed by atoms with E-state index in [2.05, 4.69) is 28.2 Å². The van der Waals surface area contributed by atoms with Crippen molar-refractivity contribution < 1.29 is 4.79 Å². The zero-order valence-corrected chi connectivity index (χ0v) is 13.4. The maximum atomic E-state index is 12.4. The number of halogens is 2. The number of carbonyl (C=O) groups excluding carboxylic acids is 1. The Labute approximate surface area is 128 Å². The normalized spacial score (nSPS) is 27.0. The van der Waals surface area contributed by atoms with Gasteiger partial charge in [0.1, 0.15) is 0 Å². The third kappa shape index (κ3) is 3.51. The summed E-state index contributed by atoms with van der Waals surface area (Å²) in [6.45, 7) is 2.25. The average Bonchev–Trinajstić information content (AvgIpc) is 2.39. The molecule has 2 rings (SSSR count). The van der Waals surface area contributed by atoms with E-state index >= 15 is 0 Å². The standard InChI is InChI=1S/C15H19BrClNO/c1-11-5-4-8-15(9-11,10-16)18-14(19)12-6-2-3-7-13(12)17/h2-3,6-7,11H,4-5,8-10H2,1H3,(H,18,19). The van der Waals surface area contributed by atoms with Crippen molar-refractivity contribution in [3.63, 3.8) is 0 Å². The van der Waals surface area contributed by atoms with E-state index in [0.717, 1.165) is 24.6 Å². The largest absolute Gasteiger partial charge is 0.346 e. The Hall–Kier alpha value is -0.540. The summed E-state index contributed by atoms with van der Waals surface area (Å²) in [5.74, 6) is 0.581. The zero-order valence-electron chi connectivity index (χ0n) is 11.1. The highest BCUT2D eigenvalue weighted by Gasteiger charge is 2.35. The minimum atomic E-state index is -0.131. The predicted molar refractivity (Wildman–Crippen MR) is 83.1 cm³/mol. The number of alkyl halides is 1. The van der Waals surface area contributed by atoms with Crippen LogP contribution < -0.4 is 5.32 Å². The van der Waals surface area contributed by atoms with Gasteiger partial charge in [-0.25, -0.2) is 0 Å². The van der Waals surface area contributed by atoms with Crippen molar-refractivity contribution in [2.45, 2.75) is 38.1 Å². The van der Waals surface area contributed by atoms with Gasteiger partial charge in [-0.3, -0.25) is 4.79 Å².